The van der Waals surface area contributed by atoms with Gasteiger partial charge in [-0.2, -0.15) is 0 Å². The molecule has 18 heavy (non-hydrogen) atoms. The van der Waals surface area contributed by atoms with Crippen molar-refractivity contribution < 1.29 is 4.74 Å². The van der Waals surface area contributed by atoms with E-state index in [0.717, 1.165) is 12.5 Å². The zero-order valence-corrected chi connectivity index (χ0v) is 11.6. The average Bonchev–Trinajstić information content (AvgIpc) is 2.41. The summed E-state index contributed by atoms with van der Waals surface area (Å²) in [6.07, 6.45) is 5.62. The molecule has 1 aromatic rings. The molecule has 2 nitrogen and oxygen atoms in total. The lowest BCUT2D eigenvalue weighted by Gasteiger charge is -2.28. The fourth-order valence-electron chi connectivity index (χ4n) is 2.79. The van der Waals surface area contributed by atoms with Crippen LogP contribution in [0.1, 0.15) is 44.2 Å². The van der Waals surface area contributed by atoms with E-state index >= 15 is 0 Å². The van der Waals surface area contributed by atoms with Crippen LogP contribution in [-0.4, -0.2) is 19.8 Å². The second kappa shape index (κ2) is 6.91. The minimum atomic E-state index is 0.309. The van der Waals surface area contributed by atoms with E-state index in [4.69, 9.17) is 4.74 Å². The van der Waals surface area contributed by atoms with Gasteiger partial charge in [0.1, 0.15) is 0 Å². The molecule has 1 aliphatic carbocycles. The molecule has 0 spiro atoms. The van der Waals surface area contributed by atoms with Crippen molar-refractivity contribution in [2.75, 3.05) is 13.7 Å². The highest BCUT2D eigenvalue weighted by Crippen LogP contribution is 2.26. The van der Waals surface area contributed by atoms with Crippen LogP contribution in [0.3, 0.4) is 0 Å². The first-order valence-corrected chi connectivity index (χ1v) is 7.13. The third kappa shape index (κ3) is 3.82. The van der Waals surface area contributed by atoms with E-state index in [1.165, 1.54) is 31.2 Å². The Hall–Kier alpha value is -0.860. The number of ether oxygens (including phenoxy) is 1. The standard InChI is InChI=1S/C16H25NO/c1-13-7-6-10-15(11-13)18-12-16(17-2)14-8-4-3-5-9-14/h3-5,8-9,13,15-17H,6-7,10-12H2,1-2H3. The molecule has 1 aromatic carbocycles. The van der Waals surface area contributed by atoms with Gasteiger partial charge in [0.25, 0.3) is 0 Å². The molecule has 2 rings (SSSR count). The van der Waals surface area contributed by atoms with Gasteiger partial charge >= 0.3 is 0 Å². The first kappa shape index (κ1) is 13.6. The lowest BCUT2D eigenvalue weighted by Crippen LogP contribution is -2.28. The molecule has 3 atom stereocenters. The van der Waals surface area contributed by atoms with Crippen molar-refractivity contribution in [1.29, 1.82) is 0 Å². The summed E-state index contributed by atoms with van der Waals surface area (Å²) in [7, 11) is 2.00. The second-order valence-corrected chi connectivity index (χ2v) is 5.48. The highest BCUT2D eigenvalue weighted by molar-refractivity contribution is 5.18. The maximum atomic E-state index is 6.10. The number of hydrogen-bond donors (Lipinski definition) is 1. The van der Waals surface area contributed by atoms with Crippen LogP contribution in [0, 0.1) is 5.92 Å². The van der Waals surface area contributed by atoms with Crippen molar-refractivity contribution in [3.8, 4) is 0 Å². The molecular weight excluding hydrogens is 222 g/mol. The van der Waals surface area contributed by atoms with Crippen molar-refractivity contribution in [3.05, 3.63) is 35.9 Å². The third-order valence-corrected chi connectivity index (χ3v) is 3.94. The Morgan fingerprint density at radius 2 is 2.06 bits per heavy atom. The molecular formula is C16H25NO. The van der Waals surface area contributed by atoms with Crippen LogP contribution in [0.4, 0.5) is 0 Å². The van der Waals surface area contributed by atoms with Gasteiger partial charge in [0, 0.05) is 0 Å². The predicted molar refractivity (Wildman–Crippen MR) is 75.6 cm³/mol. The van der Waals surface area contributed by atoms with Gasteiger partial charge in [0.05, 0.1) is 18.8 Å². The van der Waals surface area contributed by atoms with Gasteiger partial charge in [-0.15, -0.1) is 0 Å². The lowest BCUT2D eigenvalue weighted by molar-refractivity contribution is 0.00488. The highest BCUT2D eigenvalue weighted by Gasteiger charge is 2.20. The number of hydrogen-bond acceptors (Lipinski definition) is 2. The first-order chi connectivity index (χ1) is 8.79. The van der Waals surface area contributed by atoms with Crippen molar-refractivity contribution in [2.24, 2.45) is 5.92 Å². The molecule has 1 N–H and O–H groups in total. The summed E-state index contributed by atoms with van der Waals surface area (Å²) < 4.78 is 6.10. The van der Waals surface area contributed by atoms with Gasteiger partial charge in [0.15, 0.2) is 0 Å². The second-order valence-electron chi connectivity index (χ2n) is 5.48. The normalized spacial score (nSPS) is 25.9. The van der Waals surface area contributed by atoms with Crippen molar-refractivity contribution in [3.63, 3.8) is 0 Å². The monoisotopic (exact) mass is 247 g/mol. The summed E-state index contributed by atoms with van der Waals surface area (Å²) in [5.74, 6) is 0.827. The largest absolute Gasteiger partial charge is 0.376 e. The van der Waals surface area contributed by atoms with Crippen LogP contribution in [0.2, 0.25) is 0 Å². The first-order valence-electron chi connectivity index (χ1n) is 7.13. The molecule has 3 unspecified atom stereocenters. The Kier molecular flexibility index (Phi) is 5.21. The van der Waals surface area contributed by atoms with Crippen molar-refractivity contribution in [2.45, 2.75) is 44.8 Å². The van der Waals surface area contributed by atoms with Gasteiger partial charge < -0.3 is 10.1 Å². The van der Waals surface area contributed by atoms with Crippen LogP contribution in [0.5, 0.6) is 0 Å². The summed E-state index contributed by atoms with van der Waals surface area (Å²) in [6.45, 7) is 3.11. The summed E-state index contributed by atoms with van der Waals surface area (Å²) in [4.78, 5) is 0. The van der Waals surface area contributed by atoms with Crippen molar-refractivity contribution >= 4 is 0 Å². The lowest BCUT2D eigenvalue weighted by atomic mass is 9.89. The Balaban J connectivity index is 1.84. The molecule has 0 bridgehead atoms. The van der Waals surface area contributed by atoms with E-state index in [-0.39, 0.29) is 0 Å². The molecule has 0 amide bonds. The topological polar surface area (TPSA) is 21.3 Å². The number of benzene rings is 1. The Bertz CT molecular complexity index is 338. The van der Waals surface area contributed by atoms with Crippen LogP contribution in [0.25, 0.3) is 0 Å². The minimum Gasteiger partial charge on any atom is -0.376 e. The molecule has 100 valence electrons. The maximum absolute atomic E-state index is 6.10. The summed E-state index contributed by atoms with van der Waals surface area (Å²) >= 11 is 0. The zero-order chi connectivity index (χ0) is 12.8. The zero-order valence-electron chi connectivity index (χ0n) is 11.6. The fourth-order valence-corrected chi connectivity index (χ4v) is 2.79. The van der Waals surface area contributed by atoms with Crippen LogP contribution in [0.15, 0.2) is 30.3 Å². The fraction of sp³-hybridized carbons (Fsp3) is 0.625. The smallest absolute Gasteiger partial charge is 0.0665 e. The Morgan fingerprint density at radius 1 is 1.28 bits per heavy atom. The van der Waals surface area contributed by atoms with Gasteiger partial charge in [-0.1, -0.05) is 50.1 Å². The van der Waals surface area contributed by atoms with E-state index in [2.05, 4.69) is 42.6 Å². The van der Waals surface area contributed by atoms with Crippen LogP contribution < -0.4 is 5.32 Å². The van der Waals surface area contributed by atoms with Crippen molar-refractivity contribution in [1.82, 2.24) is 5.32 Å². The maximum Gasteiger partial charge on any atom is 0.0665 e. The van der Waals surface area contributed by atoms with Gasteiger partial charge in [-0.3, -0.25) is 0 Å². The predicted octanol–water partition coefficient (Wildman–Crippen LogP) is 3.54. The molecule has 0 aromatic heterocycles. The van der Waals surface area contributed by atoms with Crippen LogP contribution >= 0.6 is 0 Å². The summed E-state index contributed by atoms with van der Waals surface area (Å²) in [6, 6.07) is 10.9. The molecule has 1 fully saturated rings. The third-order valence-electron chi connectivity index (χ3n) is 3.94. The number of likely N-dealkylation sites (N-methyl/N-ethyl adjacent to an activating group) is 1. The molecule has 0 radical (unpaired) electrons. The summed E-state index contributed by atoms with van der Waals surface area (Å²) in [5.41, 5.74) is 1.31. The number of rotatable bonds is 5. The molecule has 0 heterocycles. The van der Waals surface area contributed by atoms with Gasteiger partial charge in [-0.05, 0) is 31.4 Å². The molecule has 0 aliphatic heterocycles. The minimum absolute atomic E-state index is 0.309. The molecule has 2 heteroatoms. The Labute approximate surface area is 111 Å². The van der Waals surface area contributed by atoms with E-state index in [1.54, 1.807) is 0 Å². The number of nitrogens with one attached hydrogen (secondary N) is 1. The van der Waals surface area contributed by atoms with E-state index in [1.807, 2.05) is 7.05 Å². The van der Waals surface area contributed by atoms with Gasteiger partial charge in [0.2, 0.25) is 0 Å². The highest BCUT2D eigenvalue weighted by atomic mass is 16.5. The van der Waals surface area contributed by atoms with E-state index in [9.17, 15) is 0 Å². The van der Waals surface area contributed by atoms with Crippen LogP contribution in [-0.2, 0) is 4.74 Å². The average molecular weight is 247 g/mol. The quantitative estimate of drug-likeness (QED) is 0.859. The Morgan fingerprint density at radius 3 is 2.72 bits per heavy atom. The van der Waals surface area contributed by atoms with E-state index in [0.29, 0.717) is 12.1 Å². The molecule has 1 saturated carbocycles. The summed E-state index contributed by atoms with van der Waals surface area (Å²) in [5, 5.41) is 3.34. The molecule has 0 saturated heterocycles. The molecule has 1 aliphatic rings. The van der Waals surface area contributed by atoms with Gasteiger partial charge in [-0.25, -0.2) is 0 Å². The SMILES string of the molecule is CNC(COC1CCCC(C)C1)c1ccccc1. The van der Waals surface area contributed by atoms with E-state index < -0.39 is 0 Å².